The minimum Gasteiger partial charge on any atom is -0.323 e. The second-order valence-corrected chi connectivity index (χ2v) is 7.54. The van der Waals surface area contributed by atoms with E-state index in [0.717, 1.165) is 16.6 Å². The van der Waals surface area contributed by atoms with Gasteiger partial charge in [-0.05, 0) is 47.5 Å². The van der Waals surface area contributed by atoms with Crippen molar-refractivity contribution in [2.45, 2.75) is 39.5 Å². The summed E-state index contributed by atoms with van der Waals surface area (Å²) in [5, 5.41) is 11.3. The number of hydrogen-bond acceptors (Lipinski definition) is 3. The van der Waals surface area contributed by atoms with Crippen LogP contribution in [0.5, 0.6) is 0 Å². The van der Waals surface area contributed by atoms with E-state index in [9.17, 15) is 18.0 Å². The first-order valence-electron chi connectivity index (χ1n) is 8.81. The summed E-state index contributed by atoms with van der Waals surface area (Å²) in [5.41, 5.74) is 1.63. The van der Waals surface area contributed by atoms with Gasteiger partial charge in [-0.25, -0.2) is 0 Å². The number of nitrogens with one attached hydrogen (secondary N) is 1. The highest BCUT2D eigenvalue weighted by Crippen LogP contribution is 2.30. The lowest BCUT2D eigenvalue weighted by Crippen LogP contribution is -2.16. The first kappa shape index (κ1) is 21.1. The second kappa shape index (κ2) is 8.40. The number of benzene rings is 1. The van der Waals surface area contributed by atoms with Crippen LogP contribution in [-0.2, 0) is 24.1 Å². The molecule has 0 saturated heterocycles. The molecule has 2 aromatic heterocycles. The number of nitrogens with zero attached hydrogens (tertiary/aromatic N) is 4. The van der Waals surface area contributed by atoms with Crippen molar-refractivity contribution in [2.24, 2.45) is 0 Å². The van der Waals surface area contributed by atoms with Crippen molar-refractivity contribution >= 4 is 27.5 Å². The summed E-state index contributed by atoms with van der Waals surface area (Å²) in [5.74, 6) is -0.193. The van der Waals surface area contributed by atoms with E-state index in [1.807, 2.05) is 0 Å². The summed E-state index contributed by atoms with van der Waals surface area (Å²) in [6, 6.07) is 5.14. The summed E-state index contributed by atoms with van der Waals surface area (Å²) in [6.45, 7) is 4.12. The summed E-state index contributed by atoms with van der Waals surface area (Å²) in [7, 11) is 0. The highest BCUT2D eigenvalue weighted by Gasteiger charge is 2.30. The van der Waals surface area contributed by atoms with Crippen LogP contribution in [0.15, 0.2) is 41.1 Å². The standard InChI is InChI=1S/C19H19BrF3N5O/c1-12-18(25-17(29)6-7-27-11-16(20)9-24-27)13(2)28(26-12)10-14-4-3-5-15(8-14)19(21,22)23/h3-5,8-9,11H,6-7,10H2,1-2H3,(H,25,29). The zero-order valence-corrected chi connectivity index (χ0v) is 17.4. The molecular weight excluding hydrogens is 451 g/mol. The van der Waals surface area contributed by atoms with Crippen LogP contribution in [-0.4, -0.2) is 25.5 Å². The van der Waals surface area contributed by atoms with Crippen LogP contribution in [0, 0.1) is 13.8 Å². The molecule has 0 aliphatic carbocycles. The highest BCUT2D eigenvalue weighted by atomic mass is 79.9. The fraction of sp³-hybridized carbons (Fsp3) is 0.316. The lowest BCUT2D eigenvalue weighted by molar-refractivity contribution is -0.137. The molecule has 0 unspecified atom stereocenters. The van der Waals surface area contributed by atoms with E-state index in [1.165, 1.54) is 6.07 Å². The van der Waals surface area contributed by atoms with Crippen molar-refractivity contribution in [3.8, 4) is 0 Å². The molecule has 154 valence electrons. The largest absolute Gasteiger partial charge is 0.416 e. The van der Waals surface area contributed by atoms with Crippen LogP contribution in [0.3, 0.4) is 0 Å². The highest BCUT2D eigenvalue weighted by molar-refractivity contribution is 9.10. The number of carbonyl (C=O) groups excluding carboxylic acids is 1. The van der Waals surface area contributed by atoms with Crippen LogP contribution in [0.4, 0.5) is 18.9 Å². The first-order valence-corrected chi connectivity index (χ1v) is 9.60. The Kier molecular flexibility index (Phi) is 6.11. The van der Waals surface area contributed by atoms with Gasteiger partial charge in [0.1, 0.15) is 0 Å². The average molecular weight is 470 g/mol. The van der Waals surface area contributed by atoms with Crippen molar-refractivity contribution in [2.75, 3.05) is 5.32 Å². The number of amides is 1. The molecule has 3 rings (SSSR count). The zero-order valence-electron chi connectivity index (χ0n) is 15.8. The molecule has 0 spiro atoms. The third-order valence-electron chi connectivity index (χ3n) is 4.40. The molecule has 6 nitrogen and oxygen atoms in total. The molecule has 10 heteroatoms. The number of carbonyl (C=O) groups is 1. The Hall–Kier alpha value is -2.62. The van der Waals surface area contributed by atoms with Crippen LogP contribution < -0.4 is 5.32 Å². The van der Waals surface area contributed by atoms with Crippen molar-refractivity contribution in [1.29, 1.82) is 0 Å². The fourth-order valence-electron chi connectivity index (χ4n) is 2.93. The number of halogens is 4. The average Bonchev–Trinajstić information content (AvgIpc) is 3.18. The van der Waals surface area contributed by atoms with Crippen LogP contribution >= 0.6 is 15.9 Å². The Morgan fingerprint density at radius 3 is 2.69 bits per heavy atom. The van der Waals surface area contributed by atoms with Gasteiger partial charge in [0, 0.05) is 19.2 Å². The van der Waals surface area contributed by atoms with Gasteiger partial charge in [0.2, 0.25) is 5.91 Å². The van der Waals surface area contributed by atoms with E-state index in [2.05, 4.69) is 31.4 Å². The molecule has 1 N–H and O–H groups in total. The number of aryl methyl sites for hydroxylation is 2. The Balaban J connectivity index is 1.69. The summed E-state index contributed by atoms with van der Waals surface area (Å²) < 4.78 is 42.8. The van der Waals surface area contributed by atoms with Gasteiger partial charge in [-0.15, -0.1) is 0 Å². The maximum atomic E-state index is 12.9. The van der Waals surface area contributed by atoms with Crippen LogP contribution in [0.25, 0.3) is 0 Å². The summed E-state index contributed by atoms with van der Waals surface area (Å²) in [4.78, 5) is 12.3. The molecule has 0 bridgehead atoms. The van der Waals surface area contributed by atoms with Gasteiger partial charge in [0.25, 0.3) is 0 Å². The lowest BCUT2D eigenvalue weighted by Gasteiger charge is -2.10. The van der Waals surface area contributed by atoms with Gasteiger partial charge in [-0.2, -0.15) is 23.4 Å². The van der Waals surface area contributed by atoms with E-state index < -0.39 is 11.7 Å². The molecule has 3 aromatic rings. The molecule has 0 aliphatic rings. The Morgan fingerprint density at radius 2 is 2.03 bits per heavy atom. The summed E-state index contributed by atoms with van der Waals surface area (Å²) >= 11 is 3.30. The van der Waals surface area contributed by atoms with Crippen molar-refractivity contribution in [3.63, 3.8) is 0 Å². The van der Waals surface area contributed by atoms with E-state index in [-0.39, 0.29) is 18.9 Å². The maximum absolute atomic E-state index is 12.9. The molecule has 1 aromatic carbocycles. The zero-order chi connectivity index (χ0) is 21.2. The van der Waals surface area contributed by atoms with E-state index in [4.69, 9.17) is 0 Å². The van der Waals surface area contributed by atoms with Gasteiger partial charge < -0.3 is 5.32 Å². The molecule has 0 saturated carbocycles. The normalized spacial score (nSPS) is 11.7. The summed E-state index contributed by atoms with van der Waals surface area (Å²) in [6.07, 6.45) is -0.749. The third-order valence-corrected chi connectivity index (χ3v) is 4.81. The molecule has 29 heavy (non-hydrogen) atoms. The molecule has 1 amide bonds. The number of aromatic nitrogens is 4. The molecule has 0 aliphatic heterocycles. The topological polar surface area (TPSA) is 64.7 Å². The fourth-order valence-corrected chi connectivity index (χ4v) is 3.26. The molecule has 0 atom stereocenters. The van der Waals surface area contributed by atoms with Crippen LogP contribution in [0.2, 0.25) is 0 Å². The minimum absolute atomic E-state index is 0.174. The van der Waals surface area contributed by atoms with Crippen molar-refractivity contribution in [1.82, 2.24) is 19.6 Å². The number of alkyl halides is 3. The monoisotopic (exact) mass is 469 g/mol. The molecule has 0 fully saturated rings. The number of anilines is 1. The third kappa shape index (κ3) is 5.26. The van der Waals surface area contributed by atoms with Gasteiger partial charge in [0.15, 0.2) is 0 Å². The van der Waals surface area contributed by atoms with Crippen LogP contribution in [0.1, 0.15) is 28.9 Å². The van der Waals surface area contributed by atoms with Gasteiger partial charge in [-0.1, -0.05) is 12.1 Å². The SMILES string of the molecule is Cc1nn(Cc2cccc(C(F)(F)F)c2)c(C)c1NC(=O)CCn1cc(Br)cn1. The maximum Gasteiger partial charge on any atom is 0.416 e. The van der Waals surface area contributed by atoms with E-state index in [1.54, 1.807) is 41.7 Å². The molecule has 0 radical (unpaired) electrons. The smallest absolute Gasteiger partial charge is 0.323 e. The first-order chi connectivity index (χ1) is 13.6. The van der Waals surface area contributed by atoms with E-state index >= 15 is 0 Å². The Bertz CT molecular complexity index is 1030. The Labute approximate surface area is 173 Å². The Morgan fingerprint density at radius 1 is 1.28 bits per heavy atom. The molecular formula is C19H19BrF3N5O. The van der Waals surface area contributed by atoms with E-state index in [0.29, 0.717) is 29.2 Å². The quantitative estimate of drug-likeness (QED) is 0.575. The van der Waals surface area contributed by atoms with Crippen molar-refractivity contribution < 1.29 is 18.0 Å². The number of hydrogen-bond donors (Lipinski definition) is 1. The number of rotatable bonds is 6. The predicted molar refractivity (Wildman–Crippen MR) is 105 cm³/mol. The van der Waals surface area contributed by atoms with Gasteiger partial charge >= 0.3 is 6.18 Å². The second-order valence-electron chi connectivity index (χ2n) is 6.62. The minimum atomic E-state index is -4.39. The predicted octanol–water partition coefficient (Wildman–Crippen LogP) is 4.55. The van der Waals surface area contributed by atoms with Crippen molar-refractivity contribution in [3.05, 3.63) is 63.6 Å². The van der Waals surface area contributed by atoms with Gasteiger partial charge in [-0.3, -0.25) is 14.2 Å². The molecule has 2 heterocycles. The lowest BCUT2D eigenvalue weighted by atomic mass is 10.1. The van der Waals surface area contributed by atoms with Gasteiger partial charge in [0.05, 0.1) is 39.9 Å².